The zero-order valence-corrected chi connectivity index (χ0v) is 9.37. The molecule has 3 heteroatoms. The Labute approximate surface area is 99.1 Å². The maximum atomic E-state index is 13.3. The average molecular weight is 226 g/mol. The smallest absolute Gasteiger partial charge is 0.125 e. The van der Waals surface area contributed by atoms with Gasteiger partial charge in [-0.15, -0.1) is 0 Å². The molecular weight excluding hydrogens is 215 g/mol. The van der Waals surface area contributed by atoms with Crippen molar-refractivity contribution in [3.63, 3.8) is 0 Å². The predicted molar refractivity (Wildman–Crippen MR) is 65.7 cm³/mol. The predicted octanol–water partition coefficient (Wildman–Crippen LogP) is 3.26. The van der Waals surface area contributed by atoms with Crippen molar-refractivity contribution in [1.82, 2.24) is 0 Å². The Hall–Kier alpha value is -2.34. The normalized spacial score (nSPS) is 9.94. The lowest BCUT2D eigenvalue weighted by molar-refractivity contribution is 0.628. The minimum atomic E-state index is -0.418. The number of halogens is 1. The minimum absolute atomic E-state index is 0.305. The highest BCUT2D eigenvalue weighted by molar-refractivity contribution is 5.70. The summed E-state index contributed by atoms with van der Waals surface area (Å²) in [5, 5.41) is 8.79. The molecule has 0 spiro atoms. The molecule has 2 N–H and O–H groups in total. The molecule has 0 atom stereocenters. The minimum Gasteiger partial charge on any atom is -0.398 e. The van der Waals surface area contributed by atoms with E-state index in [9.17, 15) is 4.39 Å². The second-order valence-corrected chi connectivity index (χ2v) is 3.91. The van der Waals surface area contributed by atoms with Crippen molar-refractivity contribution in [1.29, 1.82) is 5.26 Å². The number of hydrogen-bond acceptors (Lipinski definition) is 2. The van der Waals surface area contributed by atoms with Crippen molar-refractivity contribution in [2.75, 3.05) is 5.73 Å². The van der Waals surface area contributed by atoms with Gasteiger partial charge in [0.15, 0.2) is 0 Å². The number of rotatable bonds is 1. The van der Waals surface area contributed by atoms with Gasteiger partial charge < -0.3 is 5.73 Å². The summed E-state index contributed by atoms with van der Waals surface area (Å²) in [6.07, 6.45) is 0. The first kappa shape index (κ1) is 11.2. The first-order chi connectivity index (χ1) is 8.10. The van der Waals surface area contributed by atoms with Crippen molar-refractivity contribution < 1.29 is 4.39 Å². The van der Waals surface area contributed by atoms with E-state index in [0.29, 0.717) is 16.8 Å². The molecule has 0 amide bonds. The third-order valence-electron chi connectivity index (χ3n) is 2.64. The highest BCUT2D eigenvalue weighted by Crippen LogP contribution is 2.25. The Balaban J connectivity index is 2.56. The number of nitrogens with zero attached hydrogens (tertiary/aromatic N) is 1. The Morgan fingerprint density at radius 1 is 1.12 bits per heavy atom. The molecule has 0 radical (unpaired) electrons. The number of anilines is 1. The third-order valence-corrected chi connectivity index (χ3v) is 2.64. The molecule has 0 fully saturated rings. The van der Waals surface area contributed by atoms with Crippen molar-refractivity contribution >= 4 is 5.69 Å². The number of nitrogen functional groups attached to an aromatic ring is 1. The van der Waals surface area contributed by atoms with Crippen LogP contribution in [0.5, 0.6) is 0 Å². The van der Waals surface area contributed by atoms with Gasteiger partial charge in [-0.05, 0) is 47.9 Å². The Morgan fingerprint density at radius 3 is 2.53 bits per heavy atom. The summed E-state index contributed by atoms with van der Waals surface area (Å²) < 4.78 is 13.3. The molecule has 0 saturated heterocycles. The third kappa shape index (κ3) is 2.26. The monoisotopic (exact) mass is 226 g/mol. The molecule has 2 aromatic rings. The van der Waals surface area contributed by atoms with Gasteiger partial charge in [0.05, 0.1) is 11.6 Å². The van der Waals surface area contributed by atoms with E-state index in [1.165, 1.54) is 12.1 Å². The van der Waals surface area contributed by atoms with E-state index < -0.39 is 5.82 Å². The van der Waals surface area contributed by atoms with E-state index in [2.05, 4.69) is 0 Å². The van der Waals surface area contributed by atoms with Crippen molar-refractivity contribution in [3.05, 3.63) is 53.3 Å². The summed E-state index contributed by atoms with van der Waals surface area (Å²) in [7, 11) is 0. The summed E-state index contributed by atoms with van der Waals surface area (Å²) in [4.78, 5) is 0. The zero-order chi connectivity index (χ0) is 12.4. The van der Waals surface area contributed by atoms with Gasteiger partial charge in [-0.3, -0.25) is 0 Å². The molecule has 0 aliphatic rings. The summed E-state index contributed by atoms with van der Waals surface area (Å²) in [6, 6.07) is 11.7. The van der Waals surface area contributed by atoms with Gasteiger partial charge in [-0.1, -0.05) is 12.1 Å². The second-order valence-electron chi connectivity index (χ2n) is 3.91. The van der Waals surface area contributed by atoms with E-state index in [1.54, 1.807) is 12.1 Å². The number of aryl methyl sites for hydroxylation is 1. The van der Waals surface area contributed by atoms with Gasteiger partial charge in [0.2, 0.25) is 0 Å². The molecule has 0 saturated carbocycles. The summed E-state index contributed by atoms with van der Waals surface area (Å²) in [5.74, 6) is -0.418. The summed E-state index contributed by atoms with van der Waals surface area (Å²) >= 11 is 0. The van der Waals surface area contributed by atoms with Crippen LogP contribution in [0.4, 0.5) is 10.1 Å². The number of nitrogens with two attached hydrogens (primary N) is 1. The van der Waals surface area contributed by atoms with Crippen LogP contribution in [0.15, 0.2) is 36.4 Å². The number of benzene rings is 2. The lowest BCUT2D eigenvalue weighted by atomic mass is 10.0. The van der Waals surface area contributed by atoms with Crippen LogP contribution < -0.4 is 5.73 Å². The van der Waals surface area contributed by atoms with Gasteiger partial charge in [-0.25, -0.2) is 4.39 Å². The van der Waals surface area contributed by atoms with E-state index in [4.69, 9.17) is 11.0 Å². The van der Waals surface area contributed by atoms with E-state index in [0.717, 1.165) is 11.1 Å². The highest BCUT2D eigenvalue weighted by Gasteiger charge is 2.04. The first-order valence-corrected chi connectivity index (χ1v) is 5.17. The van der Waals surface area contributed by atoms with Crippen LogP contribution >= 0.6 is 0 Å². The molecule has 17 heavy (non-hydrogen) atoms. The largest absolute Gasteiger partial charge is 0.398 e. The van der Waals surface area contributed by atoms with Gasteiger partial charge in [-0.2, -0.15) is 5.26 Å². The summed E-state index contributed by atoms with van der Waals surface area (Å²) in [5.41, 5.74) is 9.22. The van der Waals surface area contributed by atoms with Crippen LogP contribution in [0.1, 0.15) is 11.1 Å². The Morgan fingerprint density at radius 2 is 1.88 bits per heavy atom. The lowest BCUT2D eigenvalue weighted by Gasteiger charge is -2.06. The Bertz CT molecular complexity index is 612. The molecule has 0 aliphatic heterocycles. The second kappa shape index (κ2) is 4.26. The topological polar surface area (TPSA) is 49.8 Å². The van der Waals surface area contributed by atoms with Crippen molar-refractivity contribution in [3.8, 4) is 17.2 Å². The lowest BCUT2D eigenvalue weighted by Crippen LogP contribution is -1.91. The fraction of sp³-hybridized carbons (Fsp3) is 0.0714. The van der Waals surface area contributed by atoms with Crippen molar-refractivity contribution in [2.24, 2.45) is 0 Å². The zero-order valence-electron chi connectivity index (χ0n) is 9.37. The van der Waals surface area contributed by atoms with Crippen LogP contribution in [0.2, 0.25) is 0 Å². The van der Waals surface area contributed by atoms with E-state index in [1.807, 2.05) is 25.1 Å². The van der Waals surface area contributed by atoms with Crippen LogP contribution in [-0.4, -0.2) is 0 Å². The van der Waals surface area contributed by atoms with Crippen LogP contribution in [0, 0.1) is 24.1 Å². The maximum absolute atomic E-state index is 13.3. The molecular formula is C14H11FN2. The number of hydrogen-bond donors (Lipinski definition) is 1. The summed E-state index contributed by atoms with van der Waals surface area (Å²) in [6.45, 7) is 1.91. The molecule has 2 aromatic carbocycles. The Kier molecular flexibility index (Phi) is 2.80. The molecule has 84 valence electrons. The number of nitriles is 1. The van der Waals surface area contributed by atoms with E-state index in [-0.39, 0.29) is 0 Å². The SMILES string of the molecule is Cc1ccc(-c2cc(F)cc(C#N)c2)cc1N. The van der Waals surface area contributed by atoms with E-state index >= 15 is 0 Å². The fourth-order valence-electron chi connectivity index (χ4n) is 1.64. The van der Waals surface area contributed by atoms with Gasteiger partial charge in [0.1, 0.15) is 5.82 Å². The van der Waals surface area contributed by atoms with Gasteiger partial charge in [0, 0.05) is 5.69 Å². The fourth-order valence-corrected chi connectivity index (χ4v) is 1.64. The highest BCUT2D eigenvalue weighted by atomic mass is 19.1. The molecule has 0 unspecified atom stereocenters. The molecule has 0 heterocycles. The van der Waals surface area contributed by atoms with Crippen molar-refractivity contribution in [2.45, 2.75) is 6.92 Å². The average Bonchev–Trinajstić information content (AvgIpc) is 2.32. The van der Waals surface area contributed by atoms with Crippen LogP contribution in [-0.2, 0) is 0 Å². The molecule has 2 rings (SSSR count). The molecule has 0 bridgehead atoms. The quantitative estimate of drug-likeness (QED) is 0.759. The molecule has 0 aromatic heterocycles. The standard InChI is InChI=1S/C14H11FN2/c1-9-2-3-11(7-14(9)17)12-4-10(8-16)5-13(15)6-12/h2-7H,17H2,1H3. The first-order valence-electron chi connectivity index (χ1n) is 5.17. The van der Waals surface area contributed by atoms with Gasteiger partial charge in [0.25, 0.3) is 0 Å². The molecule has 2 nitrogen and oxygen atoms in total. The maximum Gasteiger partial charge on any atom is 0.125 e. The van der Waals surface area contributed by atoms with Gasteiger partial charge >= 0.3 is 0 Å². The van der Waals surface area contributed by atoms with Crippen LogP contribution in [0.25, 0.3) is 11.1 Å². The van der Waals surface area contributed by atoms with Crippen LogP contribution in [0.3, 0.4) is 0 Å². The molecule has 0 aliphatic carbocycles.